The van der Waals surface area contributed by atoms with Crippen LogP contribution in [0.5, 0.6) is 0 Å². The highest BCUT2D eigenvalue weighted by atomic mass is 15.2. The van der Waals surface area contributed by atoms with E-state index in [1.807, 2.05) is 0 Å². The second kappa shape index (κ2) is 2.60. The summed E-state index contributed by atoms with van der Waals surface area (Å²) >= 11 is 0. The molecule has 1 aliphatic rings. The Morgan fingerprint density at radius 3 is 2.30 bits per heavy atom. The van der Waals surface area contributed by atoms with Crippen molar-refractivity contribution in [2.45, 2.75) is 39.3 Å². The quantitative estimate of drug-likeness (QED) is 0.534. The number of hydrogen-bond acceptors (Lipinski definition) is 1. The molecule has 0 aromatic heterocycles. The second-order valence-corrected chi connectivity index (χ2v) is 3.08. The Morgan fingerprint density at radius 1 is 1.50 bits per heavy atom. The minimum Gasteiger partial charge on any atom is -0.272 e. The minimum atomic E-state index is 0.611. The van der Waals surface area contributed by atoms with Gasteiger partial charge in [-0.05, 0) is 13.8 Å². The fourth-order valence-corrected chi connectivity index (χ4v) is 1.42. The Bertz CT molecular complexity index is 161. The zero-order valence-corrected chi connectivity index (χ0v) is 7.31. The number of nitrogens with one attached hydrogen (secondary N) is 1. The lowest BCUT2D eigenvalue weighted by Gasteiger charge is -2.04. The average Bonchev–Trinajstić information content (AvgIpc) is 2.17. The molecule has 10 heavy (non-hydrogen) atoms. The molecule has 0 saturated heterocycles. The Morgan fingerprint density at radius 2 is 2.10 bits per heavy atom. The summed E-state index contributed by atoms with van der Waals surface area (Å²) in [5, 5.41) is 3.45. The molecule has 0 radical (unpaired) electrons. The van der Waals surface area contributed by atoms with E-state index < -0.39 is 0 Å². The summed E-state index contributed by atoms with van der Waals surface area (Å²) in [5.74, 6) is 1.38. The summed E-state index contributed by atoms with van der Waals surface area (Å²) in [4.78, 5) is 0. The number of likely N-dealkylation sites (N-methyl/N-ethyl adjacent to an activating group) is 1. The first-order chi connectivity index (χ1) is 4.66. The van der Waals surface area contributed by atoms with Gasteiger partial charge in [0.2, 0.25) is 5.84 Å². The Balaban J connectivity index is 2.73. The van der Waals surface area contributed by atoms with Gasteiger partial charge in [-0.3, -0.25) is 9.89 Å². The van der Waals surface area contributed by atoms with Crippen LogP contribution in [0.15, 0.2) is 0 Å². The highest BCUT2D eigenvalue weighted by Gasteiger charge is 2.30. The molecule has 0 spiro atoms. The molecule has 2 unspecified atom stereocenters. The molecule has 1 aliphatic heterocycles. The zero-order valence-electron chi connectivity index (χ0n) is 7.31. The van der Waals surface area contributed by atoms with Gasteiger partial charge in [0, 0.05) is 6.42 Å². The van der Waals surface area contributed by atoms with Gasteiger partial charge in [-0.1, -0.05) is 6.92 Å². The molecule has 0 aliphatic carbocycles. The van der Waals surface area contributed by atoms with Crippen molar-refractivity contribution in [1.82, 2.24) is 5.32 Å². The van der Waals surface area contributed by atoms with Gasteiger partial charge in [-0.15, -0.1) is 0 Å². The Kier molecular flexibility index (Phi) is 1.97. The van der Waals surface area contributed by atoms with Crippen LogP contribution >= 0.6 is 0 Å². The molecule has 0 amide bonds. The van der Waals surface area contributed by atoms with Gasteiger partial charge in [-0.25, -0.2) is 0 Å². The highest BCUT2D eigenvalue weighted by Crippen LogP contribution is 2.05. The average molecular weight is 141 g/mol. The zero-order chi connectivity index (χ0) is 7.72. The number of amidine groups is 1. The first kappa shape index (κ1) is 7.58. The summed E-state index contributed by atoms with van der Waals surface area (Å²) in [6.07, 6.45) is 1.12. The van der Waals surface area contributed by atoms with Crippen LogP contribution in [0.2, 0.25) is 0 Å². The van der Waals surface area contributed by atoms with Gasteiger partial charge in [0.15, 0.2) is 0 Å². The number of nitrogens with zero attached hydrogens (tertiary/aromatic N) is 1. The lowest BCUT2D eigenvalue weighted by atomic mass is 10.2. The lowest BCUT2D eigenvalue weighted by molar-refractivity contribution is -0.527. The number of rotatable bonds is 1. The third kappa shape index (κ3) is 1.02. The molecule has 58 valence electrons. The monoisotopic (exact) mass is 141 g/mol. The van der Waals surface area contributed by atoms with Crippen molar-refractivity contribution >= 4 is 5.84 Å². The van der Waals surface area contributed by atoms with Crippen molar-refractivity contribution < 1.29 is 4.58 Å². The molecular weight excluding hydrogens is 124 g/mol. The van der Waals surface area contributed by atoms with Crippen LogP contribution in [0, 0.1) is 0 Å². The summed E-state index contributed by atoms with van der Waals surface area (Å²) in [5.41, 5.74) is 0. The second-order valence-electron chi connectivity index (χ2n) is 3.08. The van der Waals surface area contributed by atoms with E-state index >= 15 is 0 Å². The molecule has 1 N–H and O–H groups in total. The van der Waals surface area contributed by atoms with Crippen LogP contribution < -0.4 is 5.32 Å². The number of hydrogen-bond donors (Lipinski definition) is 1. The van der Waals surface area contributed by atoms with Crippen LogP contribution in [-0.2, 0) is 0 Å². The standard InChI is InChI=1S/C8H16N2/c1-5-8-9-6(2)7(3)10(8)4/h6-7H,5H2,1-4H3/p+1. The maximum atomic E-state index is 3.45. The summed E-state index contributed by atoms with van der Waals surface area (Å²) in [7, 11) is 2.15. The first-order valence-corrected chi connectivity index (χ1v) is 4.02. The Hall–Kier alpha value is -0.530. The molecule has 1 rings (SSSR count). The van der Waals surface area contributed by atoms with Crippen molar-refractivity contribution in [3.05, 3.63) is 0 Å². The van der Waals surface area contributed by atoms with Crippen LogP contribution in [0.3, 0.4) is 0 Å². The molecule has 0 aromatic carbocycles. The largest absolute Gasteiger partial charge is 0.272 e. The van der Waals surface area contributed by atoms with Gasteiger partial charge in [0.25, 0.3) is 0 Å². The molecule has 0 aromatic rings. The molecule has 0 bridgehead atoms. The summed E-state index contributed by atoms with van der Waals surface area (Å²) in [6, 6.07) is 1.26. The van der Waals surface area contributed by atoms with E-state index in [0.717, 1.165) is 6.42 Å². The smallest absolute Gasteiger partial charge is 0.244 e. The Labute approximate surface area is 62.9 Å². The van der Waals surface area contributed by atoms with Crippen molar-refractivity contribution in [3.8, 4) is 0 Å². The van der Waals surface area contributed by atoms with Crippen LogP contribution in [0.4, 0.5) is 0 Å². The molecule has 2 nitrogen and oxygen atoms in total. The van der Waals surface area contributed by atoms with E-state index in [4.69, 9.17) is 0 Å². The van der Waals surface area contributed by atoms with E-state index in [9.17, 15) is 0 Å². The summed E-state index contributed by atoms with van der Waals surface area (Å²) < 4.78 is 2.32. The fraction of sp³-hybridized carbons (Fsp3) is 0.875. The van der Waals surface area contributed by atoms with Gasteiger partial charge in [-0.2, -0.15) is 0 Å². The van der Waals surface area contributed by atoms with E-state index in [2.05, 4.69) is 37.7 Å². The maximum Gasteiger partial charge on any atom is 0.244 e. The first-order valence-electron chi connectivity index (χ1n) is 4.02. The van der Waals surface area contributed by atoms with E-state index in [0.29, 0.717) is 12.1 Å². The predicted molar refractivity (Wildman–Crippen MR) is 43.5 cm³/mol. The third-order valence-electron chi connectivity index (χ3n) is 2.49. The van der Waals surface area contributed by atoms with Gasteiger partial charge in [0.05, 0.1) is 7.05 Å². The van der Waals surface area contributed by atoms with Crippen molar-refractivity contribution in [2.24, 2.45) is 0 Å². The summed E-state index contributed by atoms with van der Waals surface area (Å²) in [6.45, 7) is 6.66. The van der Waals surface area contributed by atoms with Gasteiger partial charge < -0.3 is 0 Å². The van der Waals surface area contributed by atoms with Gasteiger partial charge in [0.1, 0.15) is 12.1 Å². The predicted octanol–water partition coefficient (Wildman–Crippen LogP) is 0.817. The normalized spacial score (nSPS) is 32.8. The van der Waals surface area contributed by atoms with Crippen LogP contribution in [0.25, 0.3) is 0 Å². The van der Waals surface area contributed by atoms with E-state index in [1.54, 1.807) is 0 Å². The maximum absolute atomic E-state index is 3.45. The third-order valence-corrected chi connectivity index (χ3v) is 2.49. The van der Waals surface area contributed by atoms with E-state index in [1.165, 1.54) is 5.84 Å². The van der Waals surface area contributed by atoms with Crippen molar-refractivity contribution in [1.29, 1.82) is 0 Å². The molecular formula is C8H17N2+. The molecule has 0 saturated carbocycles. The fourth-order valence-electron chi connectivity index (χ4n) is 1.42. The SMILES string of the molecule is CCC1=[N+](C)C(C)C(C)N1. The molecule has 2 heteroatoms. The van der Waals surface area contributed by atoms with Crippen molar-refractivity contribution in [2.75, 3.05) is 7.05 Å². The highest BCUT2D eigenvalue weighted by molar-refractivity contribution is 5.78. The lowest BCUT2D eigenvalue weighted by Crippen LogP contribution is -2.30. The minimum absolute atomic E-state index is 0.611. The van der Waals surface area contributed by atoms with Crippen molar-refractivity contribution in [3.63, 3.8) is 0 Å². The molecule has 1 heterocycles. The van der Waals surface area contributed by atoms with Crippen LogP contribution in [-0.4, -0.2) is 29.5 Å². The van der Waals surface area contributed by atoms with Crippen LogP contribution in [0.1, 0.15) is 27.2 Å². The topological polar surface area (TPSA) is 15.0 Å². The molecule has 2 atom stereocenters. The van der Waals surface area contributed by atoms with E-state index in [-0.39, 0.29) is 0 Å². The van der Waals surface area contributed by atoms with Gasteiger partial charge >= 0.3 is 0 Å². The molecule has 0 fully saturated rings.